The van der Waals surface area contributed by atoms with Crippen LogP contribution in [0.2, 0.25) is 0 Å². The molecule has 0 radical (unpaired) electrons. The van der Waals surface area contributed by atoms with Gasteiger partial charge in [-0.05, 0) is 19.8 Å². The maximum atomic E-state index is 10.9. The summed E-state index contributed by atoms with van der Waals surface area (Å²) in [6.07, 6.45) is 2.98. The first-order chi connectivity index (χ1) is 9.06. The summed E-state index contributed by atoms with van der Waals surface area (Å²) < 4.78 is 5.72. The van der Waals surface area contributed by atoms with E-state index in [0.29, 0.717) is 5.75 Å². The zero-order valence-electron chi connectivity index (χ0n) is 11.8. The smallest absolute Gasteiger partial charge is 0.275 e. The van der Waals surface area contributed by atoms with Crippen molar-refractivity contribution in [3.8, 4) is 5.75 Å². The number of hydrogen-bond acceptors (Lipinski definition) is 4. The second-order valence-electron chi connectivity index (χ2n) is 4.62. The largest absolute Gasteiger partial charge is 0.490 e. The molecule has 0 aliphatic carbocycles. The number of nitro benzene ring substituents is 1. The Bertz CT molecular complexity index is 421. The van der Waals surface area contributed by atoms with Gasteiger partial charge in [-0.2, -0.15) is 0 Å². The predicted octanol–water partition coefficient (Wildman–Crippen LogP) is 3.98. The molecule has 1 N–H and O–H groups in total. The van der Waals surface area contributed by atoms with E-state index in [1.54, 1.807) is 0 Å². The van der Waals surface area contributed by atoms with Crippen LogP contribution in [-0.4, -0.2) is 17.6 Å². The lowest BCUT2D eigenvalue weighted by Crippen LogP contribution is -2.11. The van der Waals surface area contributed by atoms with Crippen LogP contribution in [0.3, 0.4) is 0 Å². The van der Waals surface area contributed by atoms with Gasteiger partial charge in [0.2, 0.25) is 0 Å². The average Bonchev–Trinajstić information content (AvgIpc) is 2.36. The van der Waals surface area contributed by atoms with Crippen molar-refractivity contribution in [1.82, 2.24) is 0 Å². The highest BCUT2D eigenvalue weighted by Gasteiger charge is 2.12. The molecular weight excluding hydrogens is 244 g/mol. The Morgan fingerprint density at radius 2 is 2.05 bits per heavy atom. The lowest BCUT2D eigenvalue weighted by atomic mass is 10.2. The van der Waals surface area contributed by atoms with Crippen LogP contribution < -0.4 is 10.1 Å². The van der Waals surface area contributed by atoms with Crippen molar-refractivity contribution < 1.29 is 9.66 Å². The zero-order chi connectivity index (χ0) is 14.3. The molecular formula is C14H22N2O3. The average molecular weight is 266 g/mol. The summed E-state index contributed by atoms with van der Waals surface area (Å²) in [5.74, 6) is 0.550. The van der Waals surface area contributed by atoms with E-state index >= 15 is 0 Å². The third kappa shape index (κ3) is 5.16. The van der Waals surface area contributed by atoms with Crippen LogP contribution in [0, 0.1) is 10.1 Å². The van der Waals surface area contributed by atoms with Crippen LogP contribution >= 0.6 is 0 Å². The third-order valence-corrected chi connectivity index (χ3v) is 2.71. The van der Waals surface area contributed by atoms with Crippen LogP contribution in [-0.2, 0) is 0 Å². The minimum absolute atomic E-state index is 0.0554. The highest BCUT2D eigenvalue weighted by molar-refractivity contribution is 5.56. The van der Waals surface area contributed by atoms with E-state index in [2.05, 4.69) is 12.2 Å². The molecule has 1 unspecified atom stereocenters. The number of non-ortho nitro benzene ring substituents is 1. The Morgan fingerprint density at radius 1 is 1.32 bits per heavy atom. The Labute approximate surface area is 114 Å². The van der Waals surface area contributed by atoms with Gasteiger partial charge in [0.1, 0.15) is 5.75 Å². The minimum atomic E-state index is -0.394. The van der Waals surface area contributed by atoms with Gasteiger partial charge in [0.05, 0.1) is 17.1 Å². The maximum absolute atomic E-state index is 10.9. The van der Waals surface area contributed by atoms with Gasteiger partial charge >= 0.3 is 0 Å². The van der Waals surface area contributed by atoms with Gasteiger partial charge in [0, 0.05) is 24.4 Å². The fraction of sp³-hybridized carbons (Fsp3) is 0.571. The van der Waals surface area contributed by atoms with Crippen molar-refractivity contribution in [2.75, 3.05) is 11.9 Å². The topological polar surface area (TPSA) is 64.4 Å². The van der Waals surface area contributed by atoms with E-state index in [9.17, 15) is 10.1 Å². The molecule has 0 aliphatic heterocycles. The molecule has 0 heterocycles. The molecule has 106 valence electrons. The Kier molecular flexibility index (Phi) is 6.12. The molecule has 0 fully saturated rings. The zero-order valence-corrected chi connectivity index (χ0v) is 11.8. The van der Waals surface area contributed by atoms with Crippen LogP contribution in [0.4, 0.5) is 11.4 Å². The van der Waals surface area contributed by atoms with Gasteiger partial charge in [-0.3, -0.25) is 10.1 Å². The molecule has 1 atom stereocenters. The summed E-state index contributed by atoms with van der Waals surface area (Å²) in [5.41, 5.74) is 0.787. The summed E-state index contributed by atoms with van der Waals surface area (Å²) in [6, 6.07) is 4.82. The SMILES string of the molecule is CCCNc1cc(OC(C)CCC)cc([N+](=O)[O-])c1. The summed E-state index contributed by atoms with van der Waals surface area (Å²) >= 11 is 0. The van der Waals surface area contributed by atoms with E-state index in [1.807, 2.05) is 19.9 Å². The van der Waals surface area contributed by atoms with Gasteiger partial charge in [-0.1, -0.05) is 20.3 Å². The summed E-state index contributed by atoms with van der Waals surface area (Å²) in [5, 5.41) is 14.1. The van der Waals surface area contributed by atoms with Crippen molar-refractivity contribution in [3.05, 3.63) is 28.3 Å². The van der Waals surface area contributed by atoms with Crippen LogP contribution in [0.5, 0.6) is 5.75 Å². The molecule has 0 saturated heterocycles. The summed E-state index contributed by atoms with van der Waals surface area (Å²) in [6.45, 7) is 6.89. The fourth-order valence-electron chi connectivity index (χ4n) is 1.83. The monoisotopic (exact) mass is 266 g/mol. The number of nitro groups is 1. The first kappa shape index (κ1) is 15.3. The highest BCUT2D eigenvalue weighted by atomic mass is 16.6. The number of anilines is 1. The number of rotatable bonds is 8. The molecule has 0 aromatic heterocycles. The molecule has 0 amide bonds. The van der Waals surface area contributed by atoms with Gasteiger partial charge in [0.15, 0.2) is 0 Å². The first-order valence-electron chi connectivity index (χ1n) is 6.76. The number of hydrogen-bond donors (Lipinski definition) is 1. The molecule has 1 aromatic carbocycles. The Morgan fingerprint density at radius 3 is 2.63 bits per heavy atom. The molecule has 0 aliphatic rings. The second kappa shape index (κ2) is 7.61. The molecule has 19 heavy (non-hydrogen) atoms. The van der Waals surface area contributed by atoms with Crippen LogP contribution in [0.15, 0.2) is 18.2 Å². The maximum Gasteiger partial charge on any atom is 0.275 e. The minimum Gasteiger partial charge on any atom is -0.490 e. The Balaban J connectivity index is 2.89. The van der Waals surface area contributed by atoms with E-state index in [1.165, 1.54) is 12.1 Å². The van der Waals surface area contributed by atoms with Gasteiger partial charge in [-0.15, -0.1) is 0 Å². The summed E-state index contributed by atoms with van der Waals surface area (Å²) in [4.78, 5) is 10.5. The van der Waals surface area contributed by atoms with Crippen molar-refractivity contribution in [2.24, 2.45) is 0 Å². The van der Waals surface area contributed by atoms with Crippen LogP contribution in [0.25, 0.3) is 0 Å². The summed E-state index contributed by atoms with van der Waals surface area (Å²) in [7, 11) is 0. The van der Waals surface area contributed by atoms with Gasteiger partial charge in [0.25, 0.3) is 5.69 Å². The molecule has 0 spiro atoms. The van der Waals surface area contributed by atoms with Crippen LogP contribution in [0.1, 0.15) is 40.0 Å². The van der Waals surface area contributed by atoms with Crippen molar-refractivity contribution in [1.29, 1.82) is 0 Å². The fourth-order valence-corrected chi connectivity index (χ4v) is 1.83. The lowest BCUT2D eigenvalue weighted by molar-refractivity contribution is -0.384. The standard InChI is InChI=1S/C14H22N2O3/c1-4-6-11(3)19-14-9-12(15-7-5-2)8-13(10-14)16(17)18/h8-11,15H,4-7H2,1-3H3. The molecule has 1 rings (SSSR count). The van der Waals surface area contributed by atoms with Crippen molar-refractivity contribution >= 4 is 11.4 Å². The number of nitrogens with zero attached hydrogens (tertiary/aromatic N) is 1. The molecule has 0 saturated carbocycles. The van der Waals surface area contributed by atoms with E-state index in [4.69, 9.17) is 4.74 Å². The van der Waals surface area contributed by atoms with E-state index < -0.39 is 4.92 Å². The highest BCUT2D eigenvalue weighted by Crippen LogP contribution is 2.27. The molecule has 5 heteroatoms. The lowest BCUT2D eigenvalue weighted by Gasteiger charge is -2.15. The van der Waals surface area contributed by atoms with E-state index in [-0.39, 0.29) is 11.8 Å². The number of benzene rings is 1. The van der Waals surface area contributed by atoms with Crippen molar-refractivity contribution in [2.45, 2.75) is 46.1 Å². The number of ether oxygens (including phenoxy) is 1. The Hall–Kier alpha value is -1.78. The van der Waals surface area contributed by atoms with Crippen molar-refractivity contribution in [3.63, 3.8) is 0 Å². The quantitative estimate of drug-likeness (QED) is 0.571. The molecule has 5 nitrogen and oxygen atoms in total. The second-order valence-corrected chi connectivity index (χ2v) is 4.62. The predicted molar refractivity (Wildman–Crippen MR) is 76.9 cm³/mol. The third-order valence-electron chi connectivity index (χ3n) is 2.71. The van der Waals surface area contributed by atoms with E-state index in [0.717, 1.165) is 31.5 Å². The van der Waals surface area contributed by atoms with Gasteiger partial charge < -0.3 is 10.1 Å². The molecule has 1 aromatic rings. The van der Waals surface area contributed by atoms with Gasteiger partial charge in [-0.25, -0.2) is 0 Å². The number of nitrogens with one attached hydrogen (secondary N) is 1. The first-order valence-corrected chi connectivity index (χ1v) is 6.76. The normalized spacial score (nSPS) is 11.9. The molecule has 0 bridgehead atoms.